The van der Waals surface area contributed by atoms with Crippen LogP contribution >= 0.6 is 12.2 Å². The summed E-state index contributed by atoms with van der Waals surface area (Å²) in [6, 6.07) is 0.794. The van der Waals surface area contributed by atoms with E-state index in [-0.39, 0.29) is 5.41 Å². The van der Waals surface area contributed by atoms with E-state index in [1.54, 1.807) is 0 Å². The van der Waals surface area contributed by atoms with Crippen LogP contribution in [-0.4, -0.2) is 66.1 Å². The first-order valence-electron chi connectivity index (χ1n) is 8.69. The average molecular weight is 324 g/mol. The maximum absolute atomic E-state index is 5.76. The Labute approximate surface area is 139 Å². The number of nitrogens with zero attached hydrogens (tertiary/aromatic N) is 3. The molecule has 124 valence electrons. The summed E-state index contributed by atoms with van der Waals surface area (Å²) in [7, 11) is 2.10. The Balaban J connectivity index is 1.89. The minimum atomic E-state index is -0.0328. The van der Waals surface area contributed by atoms with Gasteiger partial charge in [0, 0.05) is 25.6 Å². The van der Waals surface area contributed by atoms with E-state index < -0.39 is 0 Å². The smallest absolute Gasteiger partial charge is 0.122 e. The first-order valence-corrected chi connectivity index (χ1v) is 9.10. The monoisotopic (exact) mass is 323 g/mol. The normalized spacial score (nSPS) is 32.9. The van der Waals surface area contributed by atoms with Crippen molar-refractivity contribution >= 4 is 23.0 Å². The average Bonchev–Trinajstić information content (AvgIpc) is 2.70. The molecule has 5 heteroatoms. The summed E-state index contributed by atoms with van der Waals surface area (Å²) in [6.07, 6.45) is 6.48. The molecule has 0 unspecified atom stereocenters. The van der Waals surface area contributed by atoms with E-state index in [4.69, 9.17) is 21.9 Å². The van der Waals surface area contributed by atoms with Crippen LogP contribution in [0, 0.1) is 5.41 Å². The SMILES string of the molecule is CN1C(=S)C(C)(C)[C@H](N2CCOCC2)C1=NC1CCCCC1. The molecular weight excluding hydrogens is 294 g/mol. The standard InChI is InChI=1S/C17H29N3OS/c1-17(2)14(20-9-11-21-12-10-20)15(19(3)16(17)22)18-13-7-5-4-6-8-13/h13-14H,4-12H2,1-3H3/t14-/m1/s1. The van der Waals surface area contributed by atoms with Gasteiger partial charge in [0.05, 0.1) is 30.3 Å². The summed E-state index contributed by atoms with van der Waals surface area (Å²) in [5.74, 6) is 1.20. The van der Waals surface area contributed by atoms with Gasteiger partial charge in [0.25, 0.3) is 0 Å². The lowest BCUT2D eigenvalue weighted by molar-refractivity contribution is 0.0171. The second kappa shape index (κ2) is 6.54. The molecule has 0 bridgehead atoms. The third-order valence-electron chi connectivity index (χ3n) is 5.43. The van der Waals surface area contributed by atoms with E-state index in [9.17, 15) is 0 Å². The fourth-order valence-corrected chi connectivity index (χ4v) is 4.37. The summed E-state index contributed by atoms with van der Waals surface area (Å²) in [4.78, 5) is 10.9. The highest BCUT2D eigenvalue weighted by Crippen LogP contribution is 2.38. The van der Waals surface area contributed by atoms with E-state index in [0.29, 0.717) is 12.1 Å². The molecule has 0 radical (unpaired) electrons. The van der Waals surface area contributed by atoms with Crippen molar-refractivity contribution in [3.05, 3.63) is 0 Å². The summed E-state index contributed by atoms with van der Waals surface area (Å²) in [6.45, 7) is 8.15. The summed E-state index contributed by atoms with van der Waals surface area (Å²) >= 11 is 5.76. The molecule has 2 heterocycles. The number of amidine groups is 1. The van der Waals surface area contributed by atoms with Gasteiger partial charge in [-0.05, 0) is 12.8 Å². The topological polar surface area (TPSA) is 28.1 Å². The highest BCUT2D eigenvalue weighted by molar-refractivity contribution is 7.80. The highest BCUT2D eigenvalue weighted by atomic mass is 32.1. The highest BCUT2D eigenvalue weighted by Gasteiger charge is 2.50. The third-order valence-corrected chi connectivity index (χ3v) is 6.23. The largest absolute Gasteiger partial charge is 0.379 e. The molecule has 2 aliphatic heterocycles. The van der Waals surface area contributed by atoms with Crippen LogP contribution in [0.15, 0.2) is 4.99 Å². The molecule has 0 aromatic rings. The maximum atomic E-state index is 5.76. The van der Waals surface area contributed by atoms with Crippen molar-refractivity contribution in [1.82, 2.24) is 9.80 Å². The Bertz CT molecular complexity index is 451. The van der Waals surface area contributed by atoms with Crippen molar-refractivity contribution in [2.45, 2.75) is 58.0 Å². The zero-order valence-corrected chi connectivity index (χ0v) is 15.0. The van der Waals surface area contributed by atoms with Crippen LogP contribution < -0.4 is 0 Å². The molecule has 0 amide bonds. The predicted molar refractivity (Wildman–Crippen MR) is 94.6 cm³/mol. The second-order valence-corrected chi connectivity index (χ2v) is 7.80. The van der Waals surface area contributed by atoms with Gasteiger partial charge in [-0.2, -0.15) is 0 Å². The van der Waals surface area contributed by atoms with Gasteiger partial charge in [0.1, 0.15) is 5.84 Å². The lowest BCUT2D eigenvalue weighted by atomic mass is 9.85. The number of likely N-dealkylation sites (tertiary alicyclic amines) is 1. The number of hydrogen-bond acceptors (Lipinski definition) is 4. The van der Waals surface area contributed by atoms with Crippen LogP contribution in [0.4, 0.5) is 0 Å². The van der Waals surface area contributed by atoms with E-state index >= 15 is 0 Å². The minimum absolute atomic E-state index is 0.0328. The van der Waals surface area contributed by atoms with Crippen LogP contribution in [0.25, 0.3) is 0 Å². The van der Waals surface area contributed by atoms with Gasteiger partial charge in [0.15, 0.2) is 0 Å². The Hall–Kier alpha value is -0.520. The molecule has 0 aromatic carbocycles. The van der Waals surface area contributed by atoms with Gasteiger partial charge in [0.2, 0.25) is 0 Å². The van der Waals surface area contributed by atoms with E-state index in [0.717, 1.165) is 31.3 Å². The van der Waals surface area contributed by atoms with Crippen LogP contribution in [0.5, 0.6) is 0 Å². The molecule has 1 aliphatic carbocycles. The minimum Gasteiger partial charge on any atom is -0.379 e. The zero-order chi connectivity index (χ0) is 15.7. The first kappa shape index (κ1) is 16.3. The molecule has 3 fully saturated rings. The van der Waals surface area contributed by atoms with Crippen molar-refractivity contribution in [1.29, 1.82) is 0 Å². The summed E-state index contributed by atoms with van der Waals surface area (Å²) < 4.78 is 5.54. The molecule has 3 rings (SSSR count). The van der Waals surface area contributed by atoms with E-state index in [1.165, 1.54) is 37.9 Å². The fraction of sp³-hybridized carbons (Fsp3) is 0.882. The Morgan fingerprint density at radius 2 is 1.77 bits per heavy atom. The van der Waals surface area contributed by atoms with Crippen molar-refractivity contribution < 1.29 is 4.74 Å². The molecule has 0 N–H and O–H groups in total. The Kier molecular flexibility index (Phi) is 4.86. The molecule has 22 heavy (non-hydrogen) atoms. The summed E-state index contributed by atoms with van der Waals surface area (Å²) in [5, 5.41) is 0. The molecule has 0 spiro atoms. The van der Waals surface area contributed by atoms with Crippen LogP contribution in [0.2, 0.25) is 0 Å². The van der Waals surface area contributed by atoms with Gasteiger partial charge >= 0.3 is 0 Å². The number of hydrogen-bond donors (Lipinski definition) is 0. The number of morpholine rings is 1. The molecular formula is C17H29N3OS. The van der Waals surface area contributed by atoms with E-state index in [2.05, 4.69) is 30.7 Å². The van der Waals surface area contributed by atoms with Crippen LogP contribution in [0.1, 0.15) is 46.0 Å². The van der Waals surface area contributed by atoms with Gasteiger partial charge in [-0.15, -0.1) is 0 Å². The first-order chi connectivity index (χ1) is 10.5. The molecule has 1 atom stereocenters. The lowest BCUT2D eigenvalue weighted by Crippen LogP contribution is -2.52. The fourth-order valence-electron chi connectivity index (χ4n) is 4.17. The van der Waals surface area contributed by atoms with Crippen molar-refractivity contribution in [3.8, 4) is 0 Å². The molecule has 4 nitrogen and oxygen atoms in total. The van der Waals surface area contributed by atoms with Crippen molar-refractivity contribution in [3.63, 3.8) is 0 Å². The van der Waals surface area contributed by atoms with Crippen LogP contribution in [0.3, 0.4) is 0 Å². The lowest BCUT2D eigenvalue weighted by Gasteiger charge is -2.38. The number of rotatable bonds is 2. The van der Waals surface area contributed by atoms with E-state index in [1.807, 2.05) is 0 Å². The third kappa shape index (κ3) is 2.95. The zero-order valence-electron chi connectivity index (χ0n) is 14.2. The van der Waals surface area contributed by atoms with Gasteiger partial charge < -0.3 is 9.64 Å². The number of likely N-dealkylation sites (N-methyl/N-ethyl adjacent to an activating group) is 1. The van der Waals surface area contributed by atoms with Gasteiger partial charge in [-0.1, -0.05) is 45.3 Å². The number of thiocarbonyl (C=S) groups is 1. The predicted octanol–water partition coefficient (Wildman–Crippen LogP) is 2.72. The molecule has 0 aromatic heterocycles. The van der Waals surface area contributed by atoms with Gasteiger partial charge in [-0.25, -0.2) is 0 Å². The summed E-state index contributed by atoms with van der Waals surface area (Å²) in [5.41, 5.74) is -0.0328. The quantitative estimate of drug-likeness (QED) is 0.731. The van der Waals surface area contributed by atoms with Gasteiger partial charge in [-0.3, -0.25) is 9.89 Å². The second-order valence-electron chi connectivity index (χ2n) is 7.42. The number of aliphatic imine (C=N–C) groups is 1. The molecule has 3 aliphatic rings. The maximum Gasteiger partial charge on any atom is 0.122 e. The molecule has 2 saturated heterocycles. The Morgan fingerprint density at radius 3 is 2.41 bits per heavy atom. The van der Waals surface area contributed by atoms with Crippen molar-refractivity contribution in [2.75, 3.05) is 33.4 Å². The van der Waals surface area contributed by atoms with Crippen LogP contribution in [-0.2, 0) is 4.74 Å². The Morgan fingerprint density at radius 1 is 1.14 bits per heavy atom. The molecule has 1 saturated carbocycles. The number of ether oxygens (including phenoxy) is 1. The van der Waals surface area contributed by atoms with Crippen molar-refractivity contribution in [2.24, 2.45) is 10.4 Å².